The number of rotatable bonds is 8. The summed E-state index contributed by atoms with van der Waals surface area (Å²) >= 11 is 7.45. The van der Waals surface area contributed by atoms with Crippen LogP contribution < -0.4 is 25.1 Å². The van der Waals surface area contributed by atoms with Crippen LogP contribution in [0.15, 0.2) is 41.8 Å². The Balaban J connectivity index is 1.64. The normalized spacial score (nSPS) is 10.5. The van der Waals surface area contributed by atoms with Crippen molar-refractivity contribution < 1.29 is 14.2 Å². The van der Waals surface area contributed by atoms with Crippen LogP contribution in [0.2, 0.25) is 5.02 Å². The van der Waals surface area contributed by atoms with Crippen LogP contribution in [-0.4, -0.2) is 26.3 Å². The maximum atomic E-state index is 5.93. The van der Waals surface area contributed by atoms with Gasteiger partial charge in [0.15, 0.2) is 16.6 Å². The maximum Gasteiger partial charge on any atom is 0.203 e. The van der Waals surface area contributed by atoms with E-state index in [0.29, 0.717) is 28.8 Å². The van der Waals surface area contributed by atoms with Gasteiger partial charge in [0, 0.05) is 22.5 Å². The van der Waals surface area contributed by atoms with Crippen LogP contribution in [0.4, 0.5) is 5.13 Å². The van der Waals surface area contributed by atoms with E-state index in [1.807, 2.05) is 41.8 Å². The topological polar surface area (TPSA) is 64.6 Å². The second-order valence-electron chi connectivity index (χ2n) is 5.56. The molecule has 0 aliphatic heterocycles. The van der Waals surface area contributed by atoms with Crippen molar-refractivity contribution in [3.63, 3.8) is 0 Å². The molecular weight excluding hydrogens is 386 g/mol. The number of hydrogen-bond acceptors (Lipinski definition) is 7. The maximum absolute atomic E-state index is 5.93. The SMILES string of the molecule is COc1cc(CNNc2nc(-c3ccc(Cl)cc3)cs2)cc(OC)c1OC. The minimum Gasteiger partial charge on any atom is -0.493 e. The molecule has 0 atom stereocenters. The molecule has 3 rings (SSSR count). The van der Waals surface area contributed by atoms with Gasteiger partial charge in [0.2, 0.25) is 5.75 Å². The summed E-state index contributed by atoms with van der Waals surface area (Å²) in [5.41, 5.74) is 9.17. The Hall–Kier alpha value is -2.48. The van der Waals surface area contributed by atoms with E-state index in [2.05, 4.69) is 15.8 Å². The molecule has 27 heavy (non-hydrogen) atoms. The number of ether oxygens (including phenoxy) is 3. The van der Waals surface area contributed by atoms with Crippen molar-refractivity contribution >= 4 is 28.1 Å². The van der Waals surface area contributed by atoms with Gasteiger partial charge >= 0.3 is 0 Å². The van der Waals surface area contributed by atoms with Gasteiger partial charge < -0.3 is 14.2 Å². The third-order valence-electron chi connectivity index (χ3n) is 3.86. The first-order valence-corrected chi connectivity index (χ1v) is 9.39. The fraction of sp³-hybridized carbons (Fsp3) is 0.211. The molecule has 0 saturated heterocycles. The van der Waals surface area contributed by atoms with Crippen molar-refractivity contribution in [3.8, 4) is 28.5 Å². The number of aromatic nitrogens is 1. The molecule has 0 unspecified atom stereocenters. The van der Waals surface area contributed by atoms with Gasteiger partial charge in [-0.15, -0.1) is 11.3 Å². The Kier molecular flexibility index (Phi) is 6.39. The van der Waals surface area contributed by atoms with Crippen molar-refractivity contribution in [2.45, 2.75) is 6.54 Å². The number of halogens is 1. The molecule has 1 heterocycles. The predicted octanol–water partition coefficient (Wildman–Crippen LogP) is 4.61. The molecule has 0 spiro atoms. The summed E-state index contributed by atoms with van der Waals surface area (Å²) in [6.07, 6.45) is 0. The van der Waals surface area contributed by atoms with Crippen LogP contribution in [0.5, 0.6) is 17.2 Å². The molecule has 0 bridgehead atoms. The van der Waals surface area contributed by atoms with Crippen molar-refractivity contribution in [1.29, 1.82) is 0 Å². The molecule has 0 fully saturated rings. The van der Waals surface area contributed by atoms with E-state index < -0.39 is 0 Å². The number of hydrazine groups is 1. The van der Waals surface area contributed by atoms with E-state index >= 15 is 0 Å². The minimum atomic E-state index is 0.548. The molecule has 0 amide bonds. The van der Waals surface area contributed by atoms with Gasteiger partial charge in [0.05, 0.1) is 27.0 Å². The Morgan fingerprint density at radius 3 is 2.26 bits per heavy atom. The molecule has 0 saturated carbocycles. The highest BCUT2D eigenvalue weighted by Gasteiger charge is 2.13. The highest BCUT2D eigenvalue weighted by molar-refractivity contribution is 7.14. The Bertz CT molecular complexity index is 874. The standard InChI is InChI=1S/C19H20ClN3O3S/c1-24-16-8-12(9-17(25-2)18(16)26-3)10-21-23-19-22-15(11-27-19)13-4-6-14(20)7-5-13/h4-9,11,21H,10H2,1-3H3,(H,22,23). The number of hydrogen-bond donors (Lipinski definition) is 2. The molecule has 2 aromatic carbocycles. The Morgan fingerprint density at radius 2 is 1.67 bits per heavy atom. The van der Waals surface area contributed by atoms with Crippen LogP contribution in [0.25, 0.3) is 11.3 Å². The molecular formula is C19H20ClN3O3S. The summed E-state index contributed by atoms with van der Waals surface area (Å²) < 4.78 is 16.1. The zero-order valence-corrected chi connectivity index (χ0v) is 16.8. The first-order chi connectivity index (χ1) is 13.1. The van der Waals surface area contributed by atoms with Crippen LogP contribution in [0.3, 0.4) is 0 Å². The third-order valence-corrected chi connectivity index (χ3v) is 4.87. The van der Waals surface area contributed by atoms with Gasteiger partial charge in [-0.25, -0.2) is 10.4 Å². The van der Waals surface area contributed by atoms with Crippen LogP contribution in [-0.2, 0) is 6.54 Å². The van der Waals surface area contributed by atoms with Gasteiger partial charge in [-0.05, 0) is 29.8 Å². The number of nitrogens with zero attached hydrogens (tertiary/aromatic N) is 1. The lowest BCUT2D eigenvalue weighted by Crippen LogP contribution is -2.20. The summed E-state index contributed by atoms with van der Waals surface area (Å²) in [7, 11) is 4.78. The summed E-state index contributed by atoms with van der Waals surface area (Å²) in [6.45, 7) is 0.548. The fourth-order valence-corrected chi connectivity index (χ4v) is 3.36. The highest BCUT2D eigenvalue weighted by atomic mass is 35.5. The zero-order chi connectivity index (χ0) is 19.2. The molecule has 6 nitrogen and oxygen atoms in total. The largest absolute Gasteiger partial charge is 0.493 e. The number of thiazole rings is 1. The molecule has 2 N–H and O–H groups in total. The van der Waals surface area contributed by atoms with E-state index in [-0.39, 0.29) is 0 Å². The quantitative estimate of drug-likeness (QED) is 0.534. The second-order valence-corrected chi connectivity index (χ2v) is 6.85. The van der Waals surface area contributed by atoms with E-state index in [4.69, 9.17) is 25.8 Å². The average molecular weight is 406 g/mol. The van der Waals surface area contributed by atoms with Gasteiger partial charge in [-0.2, -0.15) is 0 Å². The van der Waals surface area contributed by atoms with Crippen LogP contribution in [0.1, 0.15) is 5.56 Å². The summed E-state index contributed by atoms with van der Waals surface area (Å²) in [5, 5.41) is 3.47. The van der Waals surface area contributed by atoms with Gasteiger partial charge in [-0.3, -0.25) is 5.43 Å². The average Bonchev–Trinajstić information content (AvgIpc) is 3.16. The Labute approximate surface area is 167 Å². The van der Waals surface area contributed by atoms with Gasteiger partial charge in [0.25, 0.3) is 0 Å². The lowest BCUT2D eigenvalue weighted by molar-refractivity contribution is 0.323. The highest BCUT2D eigenvalue weighted by Crippen LogP contribution is 2.38. The van der Waals surface area contributed by atoms with E-state index in [1.54, 1.807) is 21.3 Å². The molecule has 1 aromatic heterocycles. The van der Waals surface area contributed by atoms with Gasteiger partial charge in [-0.1, -0.05) is 23.7 Å². The molecule has 142 valence electrons. The monoisotopic (exact) mass is 405 g/mol. The Morgan fingerprint density at radius 1 is 1.00 bits per heavy atom. The van der Waals surface area contributed by atoms with Crippen molar-refractivity contribution in [2.75, 3.05) is 26.8 Å². The second kappa shape index (κ2) is 8.94. The van der Waals surface area contributed by atoms with E-state index in [1.165, 1.54) is 11.3 Å². The lowest BCUT2D eigenvalue weighted by atomic mass is 10.2. The van der Waals surface area contributed by atoms with E-state index in [9.17, 15) is 0 Å². The number of benzene rings is 2. The number of anilines is 1. The van der Waals surface area contributed by atoms with Crippen LogP contribution >= 0.6 is 22.9 Å². The fourth-order valence-electron chi connectivity index (χ4n) is 2.54. The van der Waals surface area contributed by atoms with Crippen molar-refractivity contribution in [3.05, 3.63) is 52.4 Å². The van der Waals surface area contributed by atoms with Crippen LogP contribution in [0, 0.1) is 0 Å². The summed E-state index contributed by atoms with van der Waals surface area (Å²) in [4.78, 5) is 4.57. The molecule has 3 aromatic rings. The number of nitrogens with one attached hydrogen (secondary N) is 2. The zero-order valence-electron chi connectivity index (χ0n) is 15.2. The third kappa shape index (κ3) is 4.63. The first kappa shape index (κ1) is 19.3. The molecule has 0 aliphatic carbocycles. The lowest BCUT2D eigenvalue weighted by Gasteiger charge is -2.14. The minimum absolute atomic E-state index is 0.548. The molecule has 0 radical (unpaired) electrons. The van der Waals surface area contributed by atoms with Crippen molar-refractivity contribution in [2.24, 2.45) is 0 Å². The molecule has 8 heteroatoms. The van der Waals surface area contributed by atoms with Crippen molar-refractivity contribution in [1.82, 2.24) is 10.4 Å². The first-order valence-electron chi connectivity index (χ1n) is 8.13. The summed E-state index contributed by atoms with van der Waals surface area (Å²) in [6, 6.07) is 11.4. The predicted molar refractivity (Wildman–Crippen MR) is 109 cm³/mol. The smallest absolute Gasteiger partial charge is 0.203 e. The van der Waals surface area contributed by atoms with Gasteiger partial charge in [0.1, 0.15) is 0 Å². The molecule has 0 aliphatic rings. The van der Waals surface area contributed by atoms with E-state index in [0.717, 1.165) is 22.0 Å². The summed E-state index contributed by atoms with van der Waals surface area (Å²) in [5.74, 6) is 1.81. The number of methoxy groups -OCH3 is 3.